The van der Waals surface area contributed by atoms with Crippen LogP contribution >= 0.6 is 0 Å². The number of para-hydroxylation sites is 1. The van der Waals surface area contributed by atoms with E-state index in [1.54, 1.807) is 4.57 Å². The number of anilines is 2. The minimum absolute atomic E-state index is 0.0493. The molecular weight excluding hydrogens is 300 g/mol. The zero-order valence-electron chi connectivity index (χ0n) is 13.5. The van der Waals surface area contributed by atoms with Crippen molar-refractivity contribution in [2.45, 2.75) is 19.3 Å². The summed E-state index contributed by atoms with van der Waals surface area (Å²) in [4.78, 5) is 20.2. The number of hydrogen-bond acceptors (Lipinski definition) is 4. The first-order valence-corrected chi connectivity index (χ1v) is 8.37. The van der Waals surface area contributed by atoms with E-state index in [2.05, 4.69) is 4.90 Å². The van der Waals surface area contributed by atoms with Crippen LogP contribution in [0.5, 0.6) is 0 Å². The molecule has 3 aromatic rings. The maximum Gasteiger partial charge on any atom is 0.267 e. The highest BCUT2D eigenvalue weighted by molar-refractivity contribution is 5.79. The highest BCUT2D eigenvalue weighted by Crippen LogP contribution is 2.23. The second-order valence-electron chi connectivity index (χ2n) is 6.21. The molecule has 24 heavy (non-hydrogen) atoms. The largest absolute Gasteiger partial charge is 0.399 e. The van der Waals surface area contributed by atoms with Crippen LogP contribution < -0.4 is 16.2 Å². The van der Waals surface area contributed by atoms with Crippen LogP contribution in [0, 0.1) is 0 Å². The Morgan fingerprint density at radius 3 is 2.54 bits per heavy atom. The molecule has 1 aliphatic rings. The standard InChI is InChI=1S/C19H20N4O/c20-14-7-6-8-15(13-14)23-18(24)16-9-2-3-10-17(16)21-19(23)22-11-4-1-5-12-22/h2-3,6-10,13H,1,4-5,11-12,20H2. The molecule has 122 valence electrons. The highest BCUT2D eigenvalue weighted by Gasteiger charge is 2.20. The van der Waals surface area contributed by atoms with Crippen molar-refractivity contribution in [2.24, 2.45) is 0 Å². The van der Waals surface area contributed by atoms with E-state index in [1.165, 1.54) is 6.42 Å². The first-order chi connectivity index (χ1) is 11.7. The molecule has 0 saturated carbocycles. The lowest BCUT2D eigenvalue weighted by atomic mass is 10.1. The lowest BCUT2D eigenvalue weighted by Gasteiger charge is -2.30. The van der Waals surface area contributed by atoms with Crippen molar-refractivity contribution < 1.29 is 0 Å². The van der Waals surface area contributed by atoms with Gasteiger partial charge in [-0.1, -0.05) is 18.2 Å². The Morgan fingerprint density at radius 2 is 1.75 bits per heavy atom. The Balaban J connectivity index is 2.01. The molecule has 0 atom stereocenters. The topological polar surface area (TPSA) is 64.2 Å². The molecule has 2 aromatic carbocycles. The van der Waals surface area contributed by atoms with Gasteiger partial charge >= 0.3 is 0 Å². The van der Waals surface area contributed by atoms with E-state index in [9.17, 15) is 4.79 Å². The van der Waals surface area contributed by atoms with Crippen LogP contribution in [-0.4, -0.2) is 22.6 Å². The van der Waals surface area contributed by atoms with Crippen molar-refractivity contribution in [1.82, 2.24) is 9.55 Å². The number of hydrogen-bond donors (Lipinski definition) is 1. The fraction of sp³-hybridized carbons (Fsp3) is 0.263. The Labute approximate surface area is 140 Å². The van der Waals surface area contributed by atoms with Gasteiger partial charge in [-0.15, -0.1) is 0 Å². The molecule has 2 N–H and O–H groups in total. The average Bonchev–Trinajstić information content (AvgIpc) is 2.62. The molecule has 2 heterocycles. The molecule has 0 amide bonds. The van der Waals surface area contributed by atoms with Crippen molar-refractivity contribution in [2.75, 3.05) is 23.7 Å². The van der Waals surface area contributed by atoms with E-state index < -0.39 is 0 Å². The van der Waals surface area contributed by atoms with Crippen molar-refractivity contribution in [3.63, 3.8) is 0 Å². The SMILES string of the molecule is Nc1cccc(-n2c(N3CCCCC3)nc3ccccc3c2=O)c1. The second kappa shape index (κ2) is 6.00. The van der Waals surface area contributed by atoms with Crippen LogP contribution in [0.25, 0.3) is 16.6 Å². The summed E-state index contributed by atoms with van der Waals surface area (Å²) in [5.41, 5.74) is 8.03. The maximum atomic E-state index is 13.2. The Bertz CT molecular complexity index is 941. The van der Waals surface area contributed by atoms with Crippen LogP contribution in [0.4, 0.5) is 11.6 Å². The van der Waals surface area contributed by atoms with Crippen LogP contribution in [0.3, 0.4) is 0 Å². The molecule has 5 nitrogen and oxygen atoms in total. The zero-order valence-corrected chi connectivity index (χ0v) is 13.5. The predicted octanol–water partition coefficient (Wildman–Crippen LogP) is 2.96. The lowest BCUT2D eigenvalue weighted by Crippen LogP contribution is -2.36. The Hall–Kier alpha value is -2.82. The van der Waals surface area contributed by atoms with Crippen molar-refractivity contribution in [3.8, 4) is 5.69 Å². The molecule has 1 fully saturated rings. The average molecular weight is 320 g/mol. The van der Waals surface area contributed by atoms with Gasteiger partial charge in [-0.25, -0.2) is 9.55 Å². The third-order valence-corrected chi connectivity index (χ3v) is 4.53. The molecule has 1 saturated heterocycles. The first-order valence-electron chi connectivity index (χ1n) is 8.37. The van der Waals surface area contributed by atoms with Crippen LogP contribution in [0.2, 0.25) is 0 Å². The highest BCUT2D eigenvalue weighted by atomic mass is 16.1. The molecule has 1 aliphatic heterocycles. The monoisotopic (exact) mass is 320 g/mol. The summed E-state index contributed by atoms with van der Waals surface area (Å²) < 4.78 is 1.70. The van der Waals surface area contributed by atoms with E-state index in [1.807, 2.05) is 48.5 Å². The van der Waals surface area contributed by atoms with Gasteiger partial charge in [0.05, 0.1) is 16.6 Å². The summed E-state index contributed by atoms with van der Waals surface area (Å²) in [6.45, 7) is 1.85. The van der Waals surface area contributed by atoms with Gasteiger partial charge in [0.2, 0.25) is 5.95 Å². The minimum Gasteiger partial charge on any atom is -0.399 e. The fourth-order valence-corrected chi connectivity index (χ4v) is 3.32. The Kier molecular flexibility index (Phi) is 3.69. The van der Waals surface area contributed by atoms with Gasteiger partial charge in [0.1, 0.15) is 0 Å². The van der Waals surface area contributed by atoms with Gasteiger partial charge in [0.25, 0.3) is 5.56 Å². The number of nitrogens with zero attached hydrogens (tertiary/aromatic N) is 3. The van der Waals surface area contributed by atoms with Gasteiger partial charge in [-0.05, 0) is 49.6 Å². The fourth-order valence-electron chi connectivity index (χ4n) is 3.32. The molecule has 0 spiro atoms. The van der Waals surface area contributed by atoms with Crippen molar-refractivity contribution >= 4 is 22.5 Å². The number of nitrogen functional groups attached to an aromatic ring is 1. The third-order valence-electron chi connectivity index (χ3n) is 4.53. The number of nitrogens with two attached hydrogens (primary N) is 1. The molecule has 4 rings (SSSR count). The molecule has 1 aromatic heterocycles. The van der Waals surface area contributed by atoms with Crippen LogP contribution in [0.15, 0.2) is 53.3 Å². The number of aromatic nitrogens is 2. The van der Waals surface area contributed by atoms with Crippen LogP contribution in [0.1, 0.15) is 19.3 Å². The number of fused-ring (bicyclic) bond motifs is 1. The smallest absolute Gasteiger partial charge is 0.267 e. The lowest BCUT2D eigenvalue weighted by molar-refractivity contribution is 0.563. The van der Waals surface area contributed by atoms with E-state index in [0.717, 1.165) is 37.1 Å². The first kappa shape index (κ1) is 14.8. The van der Waals surface area contributed by atoms with Gasteiger partial charge in [0, 0.05) is 18.8 Å². The predicted molar refractivity (Wildman–Crippen MR) is 97.8 cm³/mol. The zero-order chi connectivity index (χ0) is 16.5. The molecule has 0 unspecified atom stereocenters. The third kappa shape index (κ3) is 2.52. The molecular formula is C19H20N4O. The quantitative estimate of drug-likeness (QED) is 0.737. The van der Waals surface area contributed by atoms with Gasteiger partial charge < -0.3 is 10.6 Å². The summed E-state index contributed by atoms with van der Waals surface area (Å²) >= 11 is 0. The summed E-state index contributed by atoms with van der Waals surface area (Å²) in [6, 6.07) is 14.9. The maximum absolute atomic E-state index is 13.2. The summed E-state index contributed by atoms with van der Waals surface area (Å²) in [6.07, 6.45) is 3.48. The number of benzene rings is 2. The van der Waals surface area contributed by atoms with Crippen molar-refractivity contribution in [1.29, 1.82) is 0 Å². The van der Waals surface area contributed by atoms with E-state index >= 15 is 0 Å². The number of rotatable bonds is 2. The normalized spacial score (nSPS) is 14.9. The molecule has 0 bridgehead atoms. The molecule has 0 radical (unpaired) electrons. The molecule has 5 heteroatoms. The number of piperidine rings is 1. The molecule has 0 aliphatic carbocycles. The summed E-state index contributed by atoms with van der Waals surface area (Å²) in [5, 5.41) is 0.626. The van der Waals surface area contributed by atoms with Gasteiger partial charge in [0.15, 0.2) is 0 Å². The Morgan fingerprint density at radius 1 is 0.958 bits per heavy atom. The second-order valence-corrected chi connectivity index (χ2v) is 6.21. The van der Waals surface area contributed by atoms with Crippen LogP contribution in [-0.2, 0) is 0 Å². The van der Waals surface area contributed by atoms with Gasteiger partial charge in [-0.3, -0.25) is 4.79 Å². The minimum atomic E-state index is -0.0493. The van der Waals surface area contributed by atoms with E-state index in [0.29, 0.717) is 17.0 Å². The summed E-state index contributed by atoms with van der Waals surface area (Å²) in [5.74, 6) is 0.712. The van der Waals surface area contributed by atoms with E-state index in [-0.39, 0.29) is 5.56 Å². The summed E-state index contributed by atoms with van der Waals surface area (Å²) in [7, 11) is 0. The van der Waals surface area contributed by atoms with E-state index in [4.69, 9.17) is 10.7 Å². The van der Waals surface area contributed by atoms with Gasteiger partial charge in [-0.2, -0.15) is 0 Å². The van der Waals surface area contributed by atoms with Crippen molar-refractivity contribution in [3.05, 3.63) is 58.9 Å².